The third-order valence-electron chi connectivity index (χ3n) is 2.98. The van der Waals surface area contributed by atoms with Gasteiger partial charge in [0.15, 0.2) is 0 Å². The minimum atomic E-state index is -0.240. The van der Waals surface area contributed by atoms with Crippen LogP contribution in [0.4, 0.5) is 0 Å². The lowest BCUT2D eigenvalue weighted by atomic mass is 10.2. The number of aromatic nitrogens is 1. The Hall–Kier alpha value is -2.43. The summed E-state index contributed by atoms with van der Waals surface area (Å²) in [5.74, 6) is -0.472. The number of para-hydroxylation sites is 1. The highest BCUT2D eigenvalue weighted by Crippen LogP contribution is 2.11. The van der Waals surface area contributed by atoms with Gasteiger partial charge in [-0.1, -0.05) is 24.3 Å². The Labute approximate surface area is 123 Å². The molecule has 21 heavy (non-hydrogen) atoms. The summed E-state index contributed by atoms with van der Waals surface area (Å²) >= 11 is 0. The van der Waals surface area contributed by atoms with Crippen molar-refractivity contribution in [2.24, 2.45) is 0 Å². The number of carbonyl (C=O) groups is 2. The summed E-state index contributed by atoms with van der Waals surface area (Å²) in [6.45, 7) is 2.57. The van der Waals surface area contributed by atoms with Crippen LogP contribution in [-0.2, 0) is 9.53 Å². The van der Waals surface area contributed by atoms with Crippen LogP contribution in [0.3, 0.4) is 0 Å². The number of esters is 1. The summed E-state index contributed by atoms with van der Waals surface area (Å²) in [6.07, 6.45) is 0.859. The number of nitrogens with one attached hydrogen (secondary N) is 1. The van der Waals surface area contributed by atoms with Crippen molar-refractivity contribution >= 4 is 22.8 Å². The molecule has 0 fully saturated rings. The number of carbonyl (C=O) groups excluding carboxylic acids is 2. The molecule has 0 aliphatic carbocycles. The number of fused-ring (bicyclic) bond motifs is 1. The molecule has 0 radical (unpaired) electrons. The second-order valence-electron chi connectivity index (χ2n) is 4.55. The van der Waals surface area contributed by atoms with Gasteiger partial charge in [0.2, 0.25) is 0 Å². The molecule has 5 heteroatoms. The van der Waals surface area contributed by atoms with E-state index in [1.54, 1.807) is 13.0 Å². The molecule has 110 valence electrons. The smallest absolute Gasteiger partial charge is 0.305 e. The number of amides is 1. The van der Waals surface area contributed by atoms with Gasteiger partial charge >= 0.3 is 5.97 Å². The van der Waals surface area contributed by atoms with Gasteiger partial charge in [-0.05, 0) is 25.5 Å². The number of rotatable bonds is 6. The summed E-state index contributed by atoms with van der Waals surface area (Å²) in [5.41, 5.74) is 1.17. The molecule has 1 aromatic carbocycles. The lowest BCUT2D eigenvalue weighted by molar-refractivity contribution is -0.143. The highest BCUT2D eigenvalue weighted by atomic mass is 16.5. The molecule has 0 unspecified atom stereocenters. The van der Waals surface area contributed by atoms with Crippen LogP contribution in [0.1, 0.15) is 30.3 Å². The maximum Gasteiger partial charge on any atom is 0.305 e. The van der Waals surface area contributed by atoms with Crippen molar-refractivity contribution in [3.05, 3.63) is 42.1 Å². The SMILES string of the molecule is CCOC(=O)CCCNC(=O)c1ccc2ccccc2n1. The van der Waals surface area contributed by atoms with Crippen LogP contribution in [0.25, 0.3) is 10.9 Å². The number of benzene rings is 1. The molecule has 1 heterocycles. The second-order valence-corrected chi connectivity index (χ2v) is 4.55. The number of pyridine rings is 1. The van der Waals surface area contributed by atoms with Crippen LogP contribution in [-0.4, -0.2) is 30.0 Å². The number of hydrogen-bond donors (Lipinski definition) is 1. The zero-order chi connectivity index (χ0) is 15.1. The number of hydrogen-bond acceptors (Lipinski definition) is 4. The van der Waals surface area contributed by atoms with Crippen LogP contribution >= 0.6 is 0 Å². The Balaban J connectivity index is 1.86. The maximum absolute atomic E-state index is 12.0. The Kier molecular flexibility index (Phi) is 5.26. The molecule has 0 aliphatic heterocycles. The zero-order valence-corrected chi connectivity index (χ0v) is 12.0. The third-order valence-corrected chi connectivity index (χ3v) is 2.98. The van der Waals surface area contributed by atoms with E-state index in [4.69, 9.17) is 4.74 Å². The van der Waals surface area contributed by atoms with E-state index in [9.17, 15) is 9.59 Å². The predicted molar refractivity (Wildman–Crippen MR) is 79.9 cm³/mol. The molecular formula is C16H18N2O3. The number of nitrogens with zero attached hydrogens (tertiary/aromatic N) is 1. The summed E-state index contributed by atoms with van der Waals surface area (Å²) < 4.78 is 4.82. The number of ether oxygens (including phenoxy) is 1. The minimum Gasteiger partial charge on any atom is -0.466 e. The lowest BCUT2D eigenvalue weighted by Crippen LogP contribution is -2.25. The first-order valence-electron chi connectivity index (χ1n) is 7.00. The molecule has 0 saturated carbocycles. The van der Waals surface area contributed by atoms with Crippen LogP contribution < -0.4 is 5.32 Å². The van der Waals surface area contributed by atoms with Gasteiger partial charge in [-0.3, -0.25) is 9.59 Å². The molecular weight excluding hydrogens is 268 g/mol. The molecule has 1 N–H and O–H groups in total. The van der Waals surface area contributed by atoms with Gasteiger partial charge in [-0.15, -0.1) is 0 Å². The van der Waals surface area contributed by atoms with Crippen LogP contribution in [0.15, 0.2) is 36.4 Å². The van der Waals surface area contributed by atoms with Crippen LogP contribution in [0.5, 0.6) is 0 Å². The summed E-state index contributed by atoms with van der Waals surface area (Å²) in [5, 5.41) is 3.75. The summed E-state index contributed by atoms with van der Waals surface area (Å²) in [6, 6.07) is 11.2. The largest absolute Gasteiger partial charge is 0.466 e. The van der Waals surface area contributed by atoms with E-state index in [-0.39, 0.29) is 11.9 Å². The first kappa shape index (κ1) is 15.0. The Morgan fingerprint density at radius 1 is 1.19 bits per heavy atom. The molecule has 5 nitrogen and oxygen atoms in total. The highest BCUT2D eigenvalue weighted by molar-refractivity contribution is 5.94. The average Bonchev–Trinajstić information content (AvgIpc) is 2.51. The maximum atomic E-state index is 12.0. The van der Waals surface area contributed by atoms with E-state index in [0.29, 0.717) is 31.7 Å². The fourth-order valence-electron chi connectivity index (χ4n) is 1.95. The fraction of sp³-hybridized carbons (Fsp3) is 0.312. The van der Waals surface area contributed by atoms with Gasteiger partial charge in [0.25, 0.3) is 5.91 Å². The van der Waals surface area contributed by atoms with Crippen molar-refractivity contribution in [2.75, 3.05) is 13.2 Å². The third kappa shape index (κ3) is 4.27. The van der Waals surface area contributed by atoms with Crippen molar-refractivity contribution in [2.45, 2.75) is 19.8 Å². The molecule has 2 rings (SSSR count). The fourth-order valence-corrected chi connectivity index (χ4v) is 1.95. The minimum absolute atomic E-state index is 0.232. The van der Waals surface area contributed by atoms with Gasteiger partial charge in [0, 0.05) is 18.4 Å². The molecule has 0 spiro atoms. The van der Waals surface area contributed by atoms with Gasteiger partial charge in [0.1, 0.15) is 5.69 Å². The molecule has 0 saturated heterocycles. The first-order chi connectivity index (χ1) is 10.2. The zero-order valence-electron chi connectivity index (χ0n) is 12.0. The highest BCUT2D eigenvalue weighted by Gasteiger charge is 2.08. The van der Waals surface area contributed by atoms with Crippen LogP contribution in [0, 0.1) is 0 Å². The quantitative estimate of drug-likeness (QED) is 0.653. The normalized spacial score (nSPS) is 10.3. The van der Waals surface area contributed by atoms with Crippen molar-refractivity contribution < 1.29 is 14.3 Å². The average molecular weight is 286 g/mol. The van der Waals surface area contributed by atoms with E-state index >= 15 is 0 Å². The summed E-state index contributed by atoms with van der Waals surface area (Å²) in [7, 11) is 0. The van der Waals surface area contributed by atoms with E-state index in [1.807, 2.05) is 30.3 Å². The van der Waals surface area contributed by atoms with E-state index in [2.05, 4.69) is 10.3 Å². The molecule has 2 aromatic rings. The second kappa shape index (κ2) is 7.38. The van der Waals surface area contributed by atoms with Crippen molar-refractivity contribution in [1.29, 1.82) is 0 Å². The summed E-state index contributed by atoms with van der Waals surface area (Å²) in [4.78, 5) is 27.4. The monoisotopic (exact) mass is 286 g/mol. The molecule has 1 amide bonds. The lowest BCUT2D eigenvalue weighted by Gasteiger charge is -2.05. The topological polar surface area (TPSA) is 68.3 Å². The van der Waals surface area contributed by atoms with E-state index in [0.717, 1.165) is 10.9 Å². The Bertz CT molecular complexity index is 640. The van der Waals surface area contributed by atoms with Crippen molar-refractivity contribution in [3.8, 4) is 0 Å². The first-order valence-corrected chi connectivity index (χ1v) is 7.00. The Morgan fingerprint density at radius 3 is 2.81 bits per heavy atom. The Morgan fingerprint density at radius 2 is 2.00 bits per heavy atom. The standard InChI is InChI=1S/C16H18N2O3/c1-2-21-15(19)8-5-11-17-16(20)14-10-9-12-6-3-4-7-13(12)18-14/h3-4,6-7,9-10H,2,5,8,11H2,1H3,(H,17,20). The van der Waals surface area contributed by atoms with Gasteiger partial charge in [0.05, 0.1) is 12.1 Å². The van der Waals surface area contributed by atoms with Gasteiger partial charge < -0.3 is 10.1 Å². The van der Waals surface area contributed by atoms with Crippen molar-refractivity contribution in [1.82, 2.24) is 10.3 Å². The van der Waals surface area contributed by atoms with Crippen molar-refractivity contribution in [3.63, 3.8) is 0 Å². The van der Waals surface area contributed by atoms with Gasteiger partial charge in [-0.25, -0.2) is 4.98 Å². The molecule has 1 aromatic heterocycles. The predicted octanol–water partition coefficient (Wildman–Crippen LogP) is 2.31. The van der Waals surface area contributed by atoms with E-state index in [1.165, 1.54) is 0 Å². The van der Waals surface area contributed by atoms with Crippen LogP contribution in [0.2, 0.25) is 0 Å². The molecule has 0 atom stereocenters. The molecule has 0 aliphatic rings. The molecule has 0 bridgehead atoms. The van der Waals surface area contributed by atoms with Gasteiger partial charge in [-0.2, -0.15) is 0 Å². The van der Waals surface area contributed by atoms with E-state index < -0.39 is 0 Å².